The first-order chi connectivity index (χ1) is 18.2. The maximum Gasteiger partial charge on any atom is 0.339 e. The lowest BCUT2D eigenvalue weighted by molar-refractivity contribution is -0.140. The third-order valence-electron chi connectivity index (χ3n) is 5.76. The van der Waals surface area contributed by atoms with Gasteiger partial charge in [0, 0.05) is 28.4 Å². The van der Waals surface area contributed by atoms with Crippen LogP contribution in [0, 0.1) is 5.13 Å². The van der Waals surface area contributed by atoms with Crippen LogP contribution in [0.1, 0.15) is 46.5 Å². The lowest BCUT2D eigenvalue weighted by Crippen LogP contribution is -2.34. The van der Waals surface area contributed by atoms with E-state index in [1.807, 2.05) is 0 Å². The highest BCUT2D eigenvalue weighted by atomic mass is 35.5. The summed E-state index contributed by atoms with van der Waals surface area (Å²) in [5, 5.41) is -0.929. The van der Waals surface area contributed by atoms with Crippen molar-refractivity contribution < 1.29 is 37.8 Å². The molecule has 0 saturated carbocycles. The Hall–Kier alpha value is -3.57. The van der Waals surface area contributed by atoms with E-state index in [1.165, 1.54) is 38.8 Å². The fraction of sp³-hybridized carbons (Fsp3) is 0.346. The Morgan fingerprint density at radius 2 is 1.84 bits per heavy atom. The monoisotopic (exact) mass is 564 g/mol. The van der Waals surface area contributed by atoms with E-state index in [9.17, 15) is 19.2 Å². The van der Waals surface area contributed by atoms with Crippen molar-refractivity contribution in [2.75, 3.05) is 25.7 Å². The number of esters is 3. The molecule has 0 radical (unpaired) electrons. The normalized spacial score (nSPS) is 13.1. The highest BCUT2D eigenvalue weighted by molar-refractivity contribution is 7.11. The summed E-state index contributed by atoms with van der Waals surface area (Å²) >= 11 is 7.12. The third-order valence-corrected chi connectivity index (χ3v) is 7.25. The molecule has 38 heavy (non-hydrogen) atoms. The minimum atomic E-state index is -0.800. The van der Waals surface area contributed by atoms with Crippen LogP contribution in [0.25, 0.3) is 0 Å². The number of hydrogen-bond donors (Lipinski definition) is 0. The summed E-state index contributed by atoms with van der Waals surface area (Å²) in [5.41, 5.74) is 0.645. The molecular formula is C26H26ClFN2O7S. The molecule has 0 spiro atoms. The van der Waals surface area contributed by atoms with Gasteiger partial charge in [-0.25, -0.2) is 9.59 Å². The number of amides is 1. The first-order valence-electron chi connectivity index (χ1n) is 11.6. The van der Waals surface area contributed by atoms with Gasteiger partial charge in [0.05, 0.1) is 37.8 Å². The second-order valence-corrected chi connectivity index (χ2v) is 9.66. The molecule has 1 amide bonds. The van der Waals surface area contributed by atoms with E-state index in [2.05, 4.69) is 16.3 Å². The van der Waals surface area contributed by atoms with Crippen molar-refractivity contribution in [1.82, 2.24) is 4.98 Å². The fourth-order valence-electron chi connectivity index (χ4n) is 3.95. The van der Waals surface area contributed by atoms with Gasteiger partial charge >= 0.3 is 17.9 Å². The van der Waals surface area contributed by atoms with Gasteiger partial charge in [-0.2, -0.15) is 4.39 Å². The SMILES string of the molecule is C=CCOC(=O)C1=C(C(=O)N(Cc2cncc(C(=O)OC)c2)c2c(F)sc(CC(=O)OC)c2Cl)CCCC1. The van der Waals surface area contributed by atoms with Crippen molar-refractivity contribution in [3.63, 3.8) is 0 Å². The standard InChI is InChI=1S/C26H26ClFN2O7S/c1-4-9-37-26(34)18-8-6-5-7-17(18)24(32)30(14-15-10-16(13-29-12-15)25(33)36-3)22-21(27)19(38-23(22)28)11-20(31)35-2/h4,10,12-13H,1,5-9,11,14H2,2-3H3. The van der Waals surface area contributed by atoms with Crippen molar-refractivity contribution in [3.8, 4) is 0 Å². The fourth-order valence-corrected chi connectivity index (χ4v) is 5.28. The van der Waals surface area contributed by atoms with Crippen LogP contribution in [0.2, 0.25) is 5.02 Å². The molecule has 0 N–H and O–H groups in total. The Labute approximate surface area is 227 Å². The van der Waals surface area contributed by atoms with Gasteiger partial charge < -0.3 is 14.2 Å². The highest BCUT2D eigenvalue weighted by Crippen LogP contribution is 2.41. The molecule has 0 bridgehead atoms. The molecular weight excluding hydrogens is 539 g/mol. The predicted octanol–water partition coefficient (Wildman–Crippen LogP) is 4.57. The van der Waals surface area contributed by atoms with E-state index in [0.717, 1.165) is 4.90 Å². The second-order valence-electron chi connectivity index (χ2n) is 8.23. The first-order valence-corrected chi connectivity index (χ1v) is 12.8. The number of hydrogen-bond acceptors (Lipinski definition) is 9. The molecule has 0 unspecified atom stereocenters. The molecule has 0 saturated heterocycles. The highest BCUT2D eigenvalue weighted by Gasteiger charge is 2.33. The zero-order chi connectivity index (χ0) is 27.8. The van der Waals surface area contributed by atoms with Crippen molar-refractivity contribution in [2.45, 2.75) is 38.6 Å². The number of rotatable bonds is 10. The second kappa shape index (κ2) is 13.3. The van der Waals surface area contributed by atoms with Gasteiger partial charge in [0.2, 0.25) is 5.13 Å². The Morgan fingerprint density at radius 3 is 2.50 bits per heavy atom. The number of ether oxygens (including phenoxy) is 3. The number of halogens is 2. The van der Waals surface area contributed by atoms with Gasteiger partial charge in [-0.15, -0.1) is 11.3 Å². The maximum atomic E-state index is 15.4. The number of carbonyl (C=O) groups is 4. The topological polar surface area (TPSA) is 112 Å². The number of pyridine rings is 1. The molecule has 0 fully saturated rings. The zero-order valence-electron chi connectivity index (χ0n) is 20.9. The first kappa shape index (κ1) is 29.0. The maximum absolute atomic E-state index is 15.4. The van der Waals surface area contributed by atoms with Gasteiger partial charge in [-0.05, 0) is 37.3 Å². The number of nitrogens with zero attached hydrogens (tertiary/aromatic N) is 2. The minimum absolute atomic E-state index is 0.0264. The lowest BCUT2D eigenvalue weighted by Gasteiger charge is -2.27. The van der Waals surface area contributed by atoms with Gasteiger partial charge in [0.15, 0.2) is 0 Å². The largest absolute Gasteiger partial charge is 0.469 e. The summed E-state index contributed by atoms with van der Waals surface area (Å²) < 4.78 is 30.0. The smallest absolute Gasteiger partial charge is 0.339 e. The summed E-state index contributed by atoms with van der Waals surface area (Å²) in [7, 11) is 2.41. The van der Waals surface area contributed by atoms with Gasteiger partial charge in [0.25, 0.3) is 5.91 Å². The zero-order valence-corrected chi connectivity index (χ0v) is 22.5. The number of anilines is 1. The van der Waals surface area contributed by atoms with Crippen LogP contribution in [0.3, 0.4) is 0 Å². The van der Waals surface area contributed by atoms with Crippen LogP contribution in [-0.4, -0.2) is 49.6 Å². The quantitative estimate of drug-likeness (QED) is 0.234. The van der Waals surface area contributed by atoms with E-state index in [1.54, 1.807) is 0 Å². The van der Waals surface area contributed by atoms with E-state index in [0.29, 0.717) is 36.2 Å². The molecule has 1 aliphatic carbocycles. The Balaban J connectivity index is 2.12. The van der Waals surface area contributed by atoms with Crippen molar-refractivity contribution in [1.29, 1.82) is 0 Å². The minimum Gasteiger partial charge on any atom is -0.469 e. The molecule has 0 aliphatic heterocycles. The van der Waals surface area contributed by atoms with E-state index < -0.39 is 28.9 Å². The van der Waals surface area contributed by atoms with Crippen LogP contribution < -0.4 is 4.90 Å². The van der Waals surface area contributed by atoms with Crippen LogP contribution in [0.15, 0.2) is 42.3 Å². The summed E-state index contributed by atoms with van der Waals surface area (Å²) in [6.45, 7) is 3.26. The molecule has 2 heterocycles. The van der Waals surface area contributed by atoms with Crippen LogP contribution in [0.4, 0.5) is 10.1 Å². The van der Waals surface area contributed by atoms with Gasteiger partial charge in [-0.1, -0.05) is 24.3 Å². The molecule has 9 nitrogen and oxygen atoms in total. The lowest BCUT2D eigenvalue weighted by atomic mass is 9.90. The van der Waals surface area contributed by atoms with Crippen LogP contribution in [0.5, 0.6) is 0 Å². The number of aromatic nitrogens is 1. The molecule has 0 atom stereocenters. The van der Waals surface area contributed by atoms with Crippen LogP contribution in [-0.2, 0) is 41.6 Å². The predicted molar refractivity (Wildman–Crippen MR) is 138 cm³/mol. The summed E-state index contributed by atoms with van der Waals surface area (Å²) in [6, 6.07) is 1.46. The molecule has 2 aromatic heterocycles. The summed E-state index contributed by atoms with van der Waals surface area (Å²) in [6.07, 6.45) is 5.74. The Bertz CT molecular complexity index is 1290. The van der Waals surface area contributed by atoms with Crippen molar-refractivity contribution in [3.05, 3.63) is 68.4 Å². The van der Waals surface area contributed by atoms with Crippen LogP contribution >= 0.6 is 22.9 Å². The molecule has 3 rings (SSSR count). The van der Waals surface area contributed by atoms with Crippen molar-refractivity contribution in [2.24, 2.45) is 0 Å². The Kier molecular flexibility index (Phi) is 10.1. The third kappa shape index (κ3) is 6.65. The molecule has 12 heteroatoms. The summed E-state index contributed by atoms with van der Waals surface area (Å²) in [4.78, 5) is 55.8. The molecule has 202 valence electrons. The van der Waals surface area contributed by atoms with E-state index >= 15 is 4.39 Å². The van der Waals surface area contributed by atoms with E-state index in [4.69, 9.17) is 21.1 Å². The van der Waals surface area contributed by atoms with Crippen molar-refractivity contribution >= 4 is 52.4 Å². The molecule has 0 aromatic carbocycles. The van der Waals surface area contributed by atoms with E-state index in [-0.39, 0.29) is 58.3 Å². The average Bonchev–Trinajstić information content (AvgIpc) is 3.21. The molecule has 1 aliphatic rings. The van der Waals surface area contributed by atoms with Gasteiger partial charge in [0.1, 0.15) is 12.3 Å². The number of carbonyl (C=O) groups excluding carboxylic acids is 4. The van der Waals surface area contributed by atoms with Gasteiger partial charge in [-0.3, -0.25) is 19.5 Å². The Morgan fingerprint density at radius 1 is 1.13 bits per heavy atom. The number of methoxy groups -OCH3 is 2. The summed E-state index contributed by atoms with van der Waals surface area (Å²) in [5.74, 6) is -2.57. The average molecular weight is 565 g/mol. The number of thiophene rings is 1. The molecule has 2 aromatic rings.